The molecule has 118 valence electrons. The molecule has 1 heterocycles. The van der Waals surface area contributed by atoms with Crippen molar-refractivity contribution in [2.75, 3.05) is 7.11 Å². The maximum Gasteiger partial charge on any atom is 0.269 e. The molecule has 3 rings (SSSR count). The van der Waals surface area contributed by atoms with Crippen LogP contribution >= 0.6 is 11.6 Å². The molecule has 0 spiro atoms. The molecule has 1 aromatic heterocycles. The van der Waals surface area contributed by atoms with Crippen LogP contribution in [0.15, 0.2) is 47.3 Å². The first-order valence-electron chi connectivity index (χ1n) is 7.38. The third-order valence-electron chi connectivity index (χ3n) is 3.71. The standard InChI is InChI=1S/C18H17ClN2O2/c1-11(2)17-20-14-5-4-6-15(23-3)16(14)18(22)21(17)13-9-7-12(19)8-10-13/h4-11H,1-3H3. The number of methoxy groups -OCH3 is 1. The topological polar surface area (TPSA) is 44.1 Å². The molecule has 0 saturated heterocycles. The van der Waals surface area contributed by atoms with E-state index in [4.69, 9.17) is 21.3 Å². The van der Waals surface area contributed by atoms with Crippen molar-refractivity contribution in [3.8, 4) is 11.4 Å². The highest BCUT2D eigenvalue weighted by molar-refractivity contribution is 6.30. The largest absolute Gasteiger partial charge is 0.496 e. The summed E-state index contributed by atoms with van der Waals surface area (Å²) in [5, 5.41) is 1.11. The molecule has 0 aliphatic carbocycles. The molecule has 0 aliphatic heterocycles. The molecule has 0 aliphatic rings. The second kappa shape index (κ2) is 6.05. The number of fused-ring (bicyclic) bond motifs is 1. The summed E-state index contributed by atoms with van der Waals surface area (Å²) in [5.74, 6) is 1.32. The van der Waals surface area contributed by atoms with E-state index in [0.717, 1.165) is 5.69 Å². The Bertz CT molecular complexity index is 915. The van der Waals surface area contributed by atoms with E-state index < -0.39 is 0 Å². The maximum absolute atomic E-state index is 13.1. The molecule has 0 N–H and O–H groups in total. The van der Waals surface area contributed by atoms with Crippen LogP contribution in [-0.4, -0.2) is 16.7 Å². The summed E-state index contributed by atoms with van der Waals surface area (Å²) in [7, 11) is 1.55. The monoisotopic (exact) mass is 328 g/mol. The smallest absolute Gasteiger partial charge is 0.269 e. The van der Waals surface area contributed by atoms with E-state index in [9.17, 15) is 4.79 Å². The Labute approximate surface area is 139 Å². The summed E-state index contributed by atoms with van der Waals surface area (Å²) >= 11 is 5.96. The van der Waals surface area contributed by atoms with Crippen molar-refractivity contribution >= 4 is 22.5 Å². The Hall–Kier alpha value is -2.33. The normalized spacial score (nSPS) is 11.2. The minimum Gasteiger partial charge on any atom is -0.496 e. The van der Waals surface area contributed by atoms with Crippen LogP contribution in [0.2, 0.25) is 5.02 Å². The zero-order chi connectivity index (χ0) is 16.6. The fourth-order valence-corrected chi connectivity index (χ4v) is 2.74. The van der Waals surface area contributed by atoms with Gasteiger partial charge in [-0.15, -0.1) is 0 Å². The van der Waals surface area contributed by atoms with Gasteiger partial charge in [0, 0.05) is 10.9 Å². The third-order valence-corrected chi connectivity index (χ3v) is 3.96. The minimum atomic E-state index is -0.140. The van der Waals surface area contributed by atoms with Gasteiger partial charge in [0.25, 0.3) is 5.56 Å². The number of rotatable bonds is 3. The van der Waals surface area contributed by atoms with Crippen LogP contribution in [0.1, 0.15) is 25.6 Å². The lowest BCUT2D eigenvalue weighted by molar-refractivity contribution is 0.419. The summed E-state index contributed by atoms with van der Waals surface area (Å²) < 4.78 is 6.97. The van der Waals surface area contributed by atoms with Crippen molar-refractivity contribution in [3.05, 3.63) is 63.7 Å². The molecule has 0 atom stereocenters. The van der Waals surface area contributed by atoms with Crippen LogP contribution in [0.5, 0.6) is 5.75 Å². The Balaban J connectivity index is 2.43. The van der Waals surface area contributed by atoms with E-state index in [1.165, 1.54) is 0 Å². The van der Waals surface area contributed by atoms with Crippen molar-refractivity contribution in [2.45, 2.75) is 19.8 Å². The molecule has 0 fully saturated rings. The van der Waals surface area contributed by atoms with Crippen molar-refractivity contribution in [1.82, 2.24) is 9.55 Å². The first-order chi connectivity index (χ1) is 11.0. The second-order valence-corrected chi connectivity index (χ2v) is 6.03. The SMILES string of the molecule is COc1cccc2nc(C(C)C)n(-c3ccc(Cl)cc3)c(=O)c12. The number of nitrogens with zero attached hydrogens (tertiary/aromatic N) is 2. The lowest BCUT2D eigenvalue weighted by atomic mass is 10.1. The average molecular weight is 329 g/mol. The molecule has 0 amide bonds. The molecular formula is C18H17ClN2O2. The van der Waals surface area contributed by atoms with Gasteiger partial charge in [0.05, 0.1) is 18.3 Å². The van der Waals surface area contributed by atoms with Crippen LogP contribution in [-0.2, 0) is 0 Å². The zero-order valence-electron chi connectivity index (χ0n) is 13.2. The molecule has 23 heavy (non-hydrogen) atoms. The molecule has 5 heteroatoms. The van der Waals surface area contributed by atoms with Gasteiger partial charge in [-0.2, -0.15) is 0 Å². The highest BCUT2D eigenvalue weighted by atomic mass is 35.5. The van der Waals surface area contributed by atoms with Gasteiger partial charge in [-0.3, -0.25) is 9.36 Å². The number of benzene rings is 2. The number of hydrogen-bond acceptors (Lipinski definition) is 3. The van der Waals surface area contributed by atoms with Crippen molar-refractivity contribution in [2.24, 2.45) is 0 Å². The summed E-state index contributed by atoms with van der Waals surface area (Å²) in [4.78, 5) is 17.8. The van der Waals surface area contributed by atoms with Gasteiger partial charge in [-0.05, 0) is 36.4 Å². The van der Waals surface area contributed by atoms with Crippen molar-refractivity contribution in [1.29, 1.82) is 0 Å². The Kier molecular flexibility index (Phi) is 4.09. The van der Waals surface area contributed by atoms with E-state index >= 15 is 0 Å². The molecule has 3 aromatic rings. The second-order valence-electron chi connectivity index (χ2n) is 5.60. The van der Waals surface area contributed by atoms with Crippen LogP contribution < -0.4 is 10.3 Å². The van der Waals surface area contributed by atoms with Crippen LogP contribution in [0.4, 0.5) is 0 Å². The average Bonchev–Trinajstić information content (AvgIpc) is 2.55. The third kappa shape index (κ3) is 2.70. The summed E-state index contributed by atoms with van der Waals surface area (Å²) in [6.45, 7) is 4.03. The van der Waals surface area contributed by atoms with E-state index in [1.807, 2.05) is 38.1 Å². The summed E-state index contributed by atoms with van der Waals surface area (Å²) in [6, 6.07) is 12.6. The Morgan fingerprint density at radius 3 is 2.43 bits per heavy atom. The van der Waals surface area contributed by atoms with Crippen LogP contribution in [0.25, 0.3) is 16.6 Å². The molecule has 4 nitrogen and oxygen atoms in total. The van der Waals surface area contributed by atoms with Crippen molar-refractivity contribution in [3.63, 3.8) is 0 Å². The molecule has 0 unspecified atom stereocenters. The number of ether oxygens (including phenoxy) is 1. The van der Waals surface area contributed by atoms with Crippen LogP contribution in [0.3, 0.4) is 0 Å². The van der Waals surface area contributed by atoms with E-state index in [1.54, 1.807) is 29.9 Å². The predicted octanol–water partition coefficient (Wildman–Crippen LogP) is 4.17. The Morgan fingerprint density at radius 1 is 1.13 bits per heavy atom. The minimum absolute atomic E-state index is 0.0916. The zero-order valence-corrected chi connectivity index (χ0v) is 14.0. The Morgan fingerprint density at radius 2 is 1.83 bits per heavy atom. The van der Waals surface area contributed by atoms with Gasteiger partial charge in [-0.1, -0.05) is 31.5 Å². The fraction of sp³-hybridized carbons (Fsp3) is 0.222. The van der Waals surface area contributed by atoms with Gasteiger partial charge in [0.15, 0.2) is 0 Å². The number of aromatic nitrogens is 2. The molecular weight excluding hydrogens is 312 g/mol. The summed E-state index contributed by atoms with van der Waals surface area (Å²) in [6.07, 6.45) is 0. The van der Waals surface area contributed by atoms with Gasteiger partial charge in [-0.25, -0.2) is 4.98 Å². The molecule has 0 saturated carbocycles. The van der Waals surface area contributed by atoms with Crippen LogP contribution in [0, 0.1) is 0 Å². The molecule has 2 aromatic carbocycles. The molecule has 0 bridgehead atoms. The van der Waals surface area contributed by atoms with E-state index in [0.29, 0.717) is 27.5 Å². The highest BCUT2D eigenvalue weighted by Gasteiger charge is 2.17. The van der Waals surface area contributed by atoms with E-state index in [2.05, 4.69) is 0 Å². The number of halogens is 1. The van der Waals surface area contributed by atoms with Gasteiger partial charge >= 0.3 is 0 Å². The number of hydrogen-bond donors (Lipinski definition) is 0. The van der Waals surface area contributed by atoms with Gasteiger partial charge in [0.1, 0.15) is 17.0 Å². The lowest BCUT2D eigenvalue weighted by Gasteiger charge is -2.17. The first kappa shape index (κ1) is 15.6. The van der Waals surface area contributed by atoms with Gasteiger partial charge < -0.3 is 4.74 Å². The molecule has 0 radical (unpaired) electrons. The van der Waals surface area contributed by atoms with Crippen molar-refractivity contribution < 1.29 is 4.74 Å². The summed E-state index contributed by atoms with van der Waals surface area (Å²) in [5.41, 5.74) is 1.24. The first-order valence-corrected chi connectivity index (χ1v) is 7.76. The van der Waals surface area contributed by atoms with E-state index in [-0.39, 0.29) is 11.5 Å². The lowest BCUT2D eigenvalue weighted by Crippen LogP contribution is -2.25. The quantitative estimate of drug-likeness (QED) is 0.724. The van der Waals surface area contributed by atoms with Gasteiger partial charge in [0.2, 0.25) is 0 Å². The highest BCUT2D eigenvalue weighted by Crippen LogP contribution is 2.25. The maximum atomic E-state index is 13.1. The predicted molar refractivity (Wildman–Crippen MR) is 93.0 cm³/mol. The fourth-order valence-electron chi connectivity index (χ4n) is 2.61.